The van der Waals surface area contributed by atoms with Gasteiger partial charge in [-0.2, -0.15) is 0 Å². The molecule has 0 saturated heterocycles. The molecule has 0 bridgehead atoms. The first-order valence-corrected chi connectivity index (χ1v) is 13.1. The number of phenols is 1. The first-order valence-electron chi connectivity index (χ1n) is 11.9. The molecule has 1 heterocycles. The molecule has 4 aromatic rings. The van der Waals surface area contributed by atoms with Gasteiger partial charge in [-0.15, -0.1) is 11.3 Å². The highest BCUT2D eigenvalue weighted by molar-refractivity contribution is 7.11. The molecule has 7 heteroatoms. The average molecular weight is 532 g/mol. The lowest BCUT2D eigenvalue weighted by Gasteiger charge is -2.15. The molecule has 0 amide bonds. The highest BCUT2D eigenvalue weighted by Gasteiger charge is 2.17. The summed E-state index contributed by atoms with van der Waals surface area (Å²) in [6.07, 6.45) is 3.36. The van der Waals surface area contributed by atoms with Gasteiger partial charge in [0.25, 0.3) is 0 Å². The maximum absolute atomic E-state index is 13.0. The number of benzene rings is 3. The Hall–Kier alpha value is -3.74. The zero-order valence-corrected chi connectivity index (χ0v) is 22.1. The number of aromatic hydroxyl groups is 1. The van der Waals surface area contributed by atoms with E-state index in [0.29, 0.717) is 35.6 Å². The maximum atomic E-state index is 13.0. The molecular formula is C30H26ClNO4S. The van der Waals surface area contributed by atoms with Crippen LogP contribution in [0.15, 0.2) is 72.1 Å². The van der Waals surface area contributed by atoms with E-state index in [2.05, 4.69) is 4.98 Å². The molecule has 3 aromatic carbocycles. The van der Waals surface area contributed by atoms with Crippen LogP contribution in [0.2, 0.25) is 5.02 Å². The highest BCUT2D eigenvalue weighted by atomic mass is 35.5. The van der Waals surface area contributed by atoms with Crippen LogP contribution >= 0.6 is 22.9 Å². The third kappa shape index (κ3) is 5.98. The van der Waals surface area contributed by atoms with Gasteiger partial charge in [0.2, 0.25) is 5.01 Å². The molecule has 1 aromatic heterocycles. The smallest absolute Gasteiger partial charge is 0.365 e. The molecule has 0 atom stereocenters. The number of aromatic nitrogens is 1. The zero-order chi connectivity index (χ0) is 26.5. The minimum atomic E-state index is -1.04. The summed E-state index contributed by atoms with van der Waals surface area (Å²) in [5.74, 6) is -0.794. The van der Waals surface area contributed by atoms with Crippen LogP contribution in [0.4, 0.5) is 0 Å². The number of carbonyl (C=O) groups excluding carboxylic acids is 1. The first-order chi connectivity index (χ1) is 17.8. The number of carboxylic acid groups (broad SMARTS) is 1. The van der Waals surface area contributed by atoms with Crippen LogP contribution in [-0.2, 0) is 11.2 Å². The van der Waals surface area contributed by atoms with Gasteiger partial charge < -0.3 is 10.2 Å². The quantitative estimate of drug-likeness (QED) is 0.215. The number of ketones is 1. The molecule has 37 heavy (non-hydrogen) atoms. The molecular weight excluding hydrogens is 506 g/mol. The number of rotatable bonds is 9. The number of carboxylic acids is 1. The van der Waals surface area contributed by atoms with Crippen molar-refractivity contribution < 1.29 is 19.8 Å². The summed E-state index contributed by atoms with van der Waals surface area (Å²) in [6.45, 7) is 3.77. The van der Waals surface area contributed by atoms with Gasteiger partial charge in [-0.25, -0.2) is 9.78 Å². The fourth-order valence-electron chi connectivity index (χ4n) is 4.18. The number of hydrogen-bond acceptors (Lipinski definition) is 5. The zero-order valence-electron chi connectivity index (χ0n) is 20.5. The summed E-state index contributed by atoms with van der Waals surface area (Å²) in [5.41, 5.74) is 6.38. The van der Waals surface area contributed by atoms with Crippen LogP contribution < -0.4 is 0 Å². The van der Waals surface area contributed by atoms with Crippen LogP contribution in [0.5, 0.6) is 5.75 Å². The SMILES string of the molecule is CCC(=O)/C(=C\CCc1csc(C(=O)O)n1)c1cc(-c2ccc(-c3ccccc3O)cc2)c(Cl)cc1C. The van der Waals surface area contributed by atoms with Crippen molar-refractivity contribution in [2.45, 2.75) is 33.1 Å². The summed E-state index contributed by atoms with van der Waals surface area (Å²) < 4.78 is 0. The Morgan fingerprint density at radius 2 is 1.70 bits per heavy atom. The number of hydrogen-bond donors (Lipinski definition) is 2. The highest BCUT2D eigenvalue weighted by Crippen LogP contribution is 2.36. The monoisotopic (exact) mass is 531 g/mol. The van der Waals surface area contributed by atoms with E-state index >= 15 is 0 Å². The van der Waals surface area contributed by atoms with Crippen molar-refractivity contribution in [3.8, 4) is 28.0 Å². The minimum absolute atomic E-state index is 0.0239. The summed E-state index contributed by atoms with van der Waals surface area (Å²) in [6, 6.07) is 18.8. The van der Waals surface area contributed by atoms with Crippen molar-refractivity contribution in [1.29, 1.82) is 0 Å². The lowest BCUT2D eigenvalue weighted by atomic mass is 9.91. The number of carbonyl (C=O) groups is 2. The lowest BCUT2D eigenvalue weighted by Crippen LogP contribution is -2.03. The number of thiazole rings is 1. The number of phenolic OH excluding ortho intramolecular Hbond substituents is 1. The van der Waals surface area contributed by atoms with Crippen molar-refractivity contribution in [1.82, 2.24) is 4.98 Å². The van der Waals surface area contributed by atoms with Crippen molar-refractivity contribution in [3.05, 3.63) is 99.0 Å². The molecule has 0 saturated carbocycles. The van der Waals surface area contributed by atoms with Gasteiger partial charge in [-0.1, -0.05) is 67.1 Å². The third-order valence-corrected chi connectivity index (χ3v) is 7.31. The molecule has 5 nitrogen and oxygen atoms in total. The van der Waals surface area contributed by atoms with Gasteiger partial charge >= 0.3 is 5.97 Å². The second-order valence-electron chi connectivity index (χ2n) is 8.62. The normalized spacial score (nSPS) is 11.5. The molecule has 188 valence electrons. The van der Waals surface area contributed by atoms with Crippen LogP contribution in [0, 0.1) is 6.92 Å². The number of nitrogens with zero attached hydrogens (tertiary/aromatic N) is 1. The van der Waals surface area contributed by atoms with Crippen LogP contribution in [0.1, 0.15) is 46.4 Å². The molecule has 0 aliphatic heterocycles. The Kier molecular flexibility index (Phi) is 8.21. The Morgan fingerprint density at radius 1 is 1.03 bits per heavy atom. The van der Waals surface area contributed by atoms with E-state index in [1.807, 2.05) is 68.5 Å². The van der Waals surface area contributed by atoms with Gasteiger partial charge in [0.1, 0.15) is 5.75 Å². The molecule has 0 radical (unpaired) electrons. The summed E-state index contributed by atoms with van der Waals surface area (Å²) in [4.78, 5) is 28.2. The Balaban J connectivity index is 1.65. The van der Waals surface area contributed by atoms with E-state index in [-0.39, 0.29) is 16.5 Å². The molecule has 0 spiro atoms. The van der Waals surface area contributed by atoms with Gasteiger partial charge in [-0.3, -0.25) is 4.79 Å². The van der Waals surface area contributed by atoms with E-state index in [4.69, 9.17) is 16.7 Å². The molecule has 0 aliphatic rings. The van der Waals surface area contributed by atoms with Crippen LogP contribution in [0.25, 0.3) is 27.8 Å². The van der Waals surface area contributed by atoms with Crippen molar-refractivity contribution in [2.75, 3.05) is 0 Å². The third-order valence-electron chi connectivity index (χ3n) is 6.12. The molecule has 2 N–H and O–H groups in total. The van der Waals surface area contributed by atoms with Crippen molar-refractivity contribution in [3.63, 3.8) is 0 Å². The number of para-hydroxylation sites is 1. The number of Topliss-reactive ketones (excluding diaryl/α,β-unsaturated/α-hetero) is 1. The number of aryl methyl sites for hydroxylation is 2. The van der Waals surface area contributed by atoms with E-state index in [1.54, 1.807) is 17.5 Å². The predicted octanol–water partition coefficient (Wildman–Crippen LogP) is 7.84. The lowest BCUT2D eigenvalue weighted by molar-refractivity contribution is -0.113. The van der Waals surface area contributed by atoms with Crippen LogP contribution in [-0.4, -0.2) is 26.9 Å². The van der Waals surface area contributed by atoms with Gasteiger partial charge in [0.05, 0.1) is 5.69 Å². The van der Waals surface area contributed by atoms with Gasteiger partial charge in [0.15, 0.2) is 5.78 Å². The standard InChI is InChI=1S/C30H26ClNO4S/c1-3-27(33)23(9-6-7-21-17-37-29(32-21)30(35)36)24-16-25(26(31)15-18(24)2)20-13-11-19(12-14-20)22-8-4-5-10-28(22)34/h4-5,8-17,34H,3,6-7H2,1-2H3,(H,35,36)/b23-9-. The van der Waals surface area contributed by atoms with E-state index in [9.17, 15) is 14.7 Å². The topological polar surface area (TPSA) is 87.5 Å². The first kappa shape index (κ1) is 26.3. The molecule has 4 rings (SSSR count). The Bertz CT molecular complexity index is 1490. The second kappa shape index (κ2) is 11.5. The Morgan fingerprint density at radius 3 is 2.32 bits per heavy atom. The summed E-state index contributed by atoms with van der Waals surface area (Å²) in [5, 5.41) is 21.7. The summed E-state index contributed by atoms with van der Waals surface area (Å²) in [7, 11) is 0. The number of allylic oxidation sites excluding steroid dienone is 2. The van der Waals surface area contributed by atoms with E-state index < -0.39 is 5.97 Å². The van der Waals surface area contributed by atoms with E-state index in [1.165, 1.54) is 0 Å². The molecule has 0 fully saturated rings. The minimum Gasteiger partial charge on any atom is -0.507 e. The summed E-state index contributed by atoms with van der Waals surface area (Å²) >= 11 is 7.75. The van der Waals surface area contributed by atoms with Crippen molar-refractivity contribution >= 4 is 40.3 Å². The maximum Gasteiger partial charge on any atom is 0.365 e. The fourth-order valence-corrected chi connectivity index (χ4v) is 5.20. The number of aromatic carboxylic acids is 1. The Labute approximate surface area is 224 Å². The second-order valence-corrected chi connectivity index (χ2v) is 9.89. The predicted molar refractivity (Wildman–Crippen MR) is 149 cm³/mol. The molecule has 0 unspecified atom stereocenters. The van der Waals surface area contributed by atoms with E-state index in [0.717, 1.165) is 44.7 Å². The number of halogens is 1. The average Bonchev–Trinajstić information content (AvgIpc) is 3.37. The van der Waals surface area contributed by atoms with Gasteiger partial charge in [-0.05, 0) is 60.2 Å². The fraction of sp³-hybridized carbons (Fsp3) is 0.167. The largest absolute Gasteiger partial charge is 0.507 e. The molecule has 0 aliphatic carbocycles. The van der Waals surface area contributed by atoms with Crippen molar-refractivity contribution in [2.24, 2.45) is 0 Å². The van der Waals surface area contributed by atoms with Crippen LogP contribution in [0.3, 0.4) is 0 Å². The van der Waals surface area contributed by atoms with Gasteiger partial charge in [0, 0.05) is 33.5 Å².